The fraction of sp³-hybridized carbons (Fsp3) is 0.100. The average molecular weight is 354 g/mol. The van der Waals surface area contributed by atoms with Gasteiger partial charge in [-0.15, -0.1) is 0 Å². The SMILES string of the molecule is CC(S(=O)c1ccccc1)P(=O)(c1ccccc1)c1ccccc1. The van der Waals surface area contributed by atoms with Crippen molar-refractivity contribution < 1.29 is 8.77 Å². The molecule has 0 saturated heterocycles. The second-order valence-corrected chi connectivity index (χ2v) is 10.8. The fourth-order valence-electron chi connectivity index (χ4n) is 2.75. The van der Waals surface area contributed by atoms with Crippen molar-refractivity contribution in [2.75, 3.05) is 0 Å². The highest BCUT2D eigenvalue weighted by atomic mass is 32.2. The molecule has 2 nitrogen and oxygen atoms in total. The van der Waals surface area contributed by atoms with Gasteiger partial charge in [0.2, 0.25) is 0 Å². The summed E-state index contributed by atoms with van der Waals surface area (Å²) in [7, 11) is -4.40. The molecule has 0 aliphatic heterocycles. The molecular formula is C20H19O2PS. The molecule has 0 saturated carbocycles. The van der Waals surface area contributed by atoms with E-state index in [0.29, 0.717) is 4.90 Å². The van der Waals surface area contributed by atoms with E-state index in [-0.39, 0.29) is 0 Å². The van der Waals surface area contributed by atoms with E-state index in [0.717, 1.165) is 10.6 Å². The summed E-state index contributed by atoms with van der Waals surface area (Å²) in [5, 5.41) is 1.49. The van der Waals surface area contributed by atoms with Crippen LogP contribution in [-0.2, 0) is 15.4 Å². The summed E-state index contributed by atoms with van der Waals surface area (Å²) < 4.78 is 27.2. The van der Waals surface area contributed by atoms with Crippen LogP contribution in [0.5, 0.6) is 0 Å². The minimum atomic E-state index is -3.04. The van der Waals surface area contributed by atoms with Crippen LogP contribution < -0.4 is 10.6 Å². The van der Waals surface area contributed by atoms with E-state index in [1.54, 1.807) is 0 Å². The van der Waals surface area contributed by atoms with Gasteiger partial charge < -0.3 is 4.57 Å². The number of rotatable bonds is 5. The zero-order valence-corrected chi connectivity index (χ0v) is 15.1. The number of benzene rings is 3. The first kappa shape index (κ1) is 16.9. The van der Waals surface area contributed by atoms with Crippen LogP contribution in [0.1, 0.15) is 6.92 Å². The van der Waals surface area contributed by atoms with Gasteiger partial charge in [0.05, 0.1) is 15.8 Å². The third-order valence-corrected chi connectivity index (χ3v) is 10.1. The molecule has 0 heterocycles. The molecule has 3 aromatic rings. The van der Waals surface area contributed by atoms with Crippen LogP contribution >= 0.6 is 7.14 Å². The van der Waals surface area contributed by atoms with Crippen LogP contribution in [-0.4, -0.2) is 9.20 Å². The zero-order chi connectivity index (χ0) is 17.0. The first-order valence-corrected chi connectivity index (χ1v) is 10.8. The van der Waals surface area contributed by atoms with E-state index in [1.165, 1.54) is 0 Å². The van der Waals surface area contributed by atoms with E-state index in [2.05, 4.69) is 0 Å². The van der Waals surface area contributed by atoms with Gasteiger partial charge in [0.15, 0.2) is 7.14 Å². The van der Waals surface area contributed by atoms with Crippen LogP contribution in [0.2, 0.25) is 0 Å². The second-order valence-electron chi connectivity index (χ2n) is 5.54. The van der Waals surface area contributed by atoms with Crippen LogP contribution in [0.3, 0.4) is 0 Å². The Kier molecular flexibility index (Phi) is 5.13. The van der Waals surface area contributed by atoms with Crippen molar-refractivity contribution >= 4 is 28.6 Å². The molecule has 0 bridgehead atoms. The predicted molar refractivity (Wildman–Crippen MR) is 102 cm³/mol. The Balaban J connectivity index is 2.12. The van der Waals surface area contributed by atoms with Crippen molar-refractivity contribution in [2.45, 2.75) is 16.8 Å². The Labute approximate surface area is 145 Å². The Morgan fingerprint density at radius 1 is 0.708 bits per heavy atom. The second kappa shape index (κ2) is 7.29. The molecule has 122 valence electrons. The molecule has 24 heavy (non-hydrogen) atoms. The lowest BCUT2D eigenvalue weighted by atomic mass is 10.4. The van der Waals surface area contributed by atoms with Crippen molar-refractivity contribution in [3.63, 3.8) is 0 Å². The summed E-state index contributed by atoms with van der Waals surface area (Å²) in [5.74, 6) is 0. The Hall–Kier alpha value is -1.96. The third-order valence-electron chi connectivity index (χ3n) is 4.08. The maximum absolute atomic E-state index is 14.1. The molecule has 0 aliphatic rings. The largest absolute Gasteiger partial charge is 0.312 e. The monoisotopic (exact) mass is 354 g/mol. The van der Waals surface area contributed by atoms with E-state index < -0.39 is 22.9 Å². The zero-order valence-electron chi connectivity index (χ0n) is 13.4. The molecule has 4 heteroatoms. The molecular weight excluding hydrogens is 335 g/mol. The molecule has 0 N–H and O–H groups in total. The Morgan fingerprint density at radius 3 is 1.50 bits per heavy atom. The number of hydrogen-bond acceptors (Lipinski definition) is 2. The average Bonchev–Trinajstić information content (AvgIpc) is 2.68. The summed E-state index contributed by atoms with van der Waals surface area (Å²) in [6.07, 6.45) is 0. The van der Waals surface area contributed by atoms with Gasteiger partial charge in [0.25, 0.3) is 0 Å². The predicted octanol–water partition coefficient (Wildman–Crippen LogP) is 4.15. The van der Waals surface area contributed by atoms with Crippen LogP contribution in [0.15, 0.2) is 95.9 Å². The first-order valence-electron chi connectivity index (χ1n) is 7.80. The van der Waals surface area contributed by atoms with Gasteiger partial charge in [0.1, 0.15) is 0 Å². The highest BCUT2D eigenvalue weighted by Crippen LogP contribution is 2.50. The smallest absolute Gasteiger partial charge is 0.158 e. The van der Waals surface area contributed by atoms with Crippen molar-refractivity contribution in [3.8, 4) is 0 Å². The molecule has 0 fully saturated rings. The van der Waals surface area contributed by atoms with Crippen LogP contribution in [0, 0.1) is 0 Å². The summed E-state index contributed by atoms with van der Waals surface area (Å²) in [6.45, 7) is 1.82. The topological polar surface area (TPSA) is 34.1 Å². The summed E-state index contributed by atoms with van der Waals surface area (Å²) in [5.41, 5.74) is 0. The Bertz CT molecular complexity index is 820. The van der Waals surface area contributed by atoms with Crippen LogP contribution in [0.25, 0.3) is 0 Å². The van der Waals surface area contributed by atoms with E-state index in [1.807, 2.05) is 97.9 Å². The molecule has 0 aliphatic carbocycles. The quantitative estimate of drug-likeness (QED) is 0.645. The van der Waals surface area contributed by atoms with Gasteiger partial charge in [-0.1, -0.05) is 78.9 Å². The van der Waals surface area contributed by atoms with Gasteiger partial charge in [-0.2, -0.15) is 0 Å². The van der Waals surface area contributed by atoms with Gasteiger partial charge >= 0.3 is 0 Å². The van der Waals surface area contributed by atoms with Crippen molar-refractivity contribution in [1.29, 1.82) is 0 Å². The first-order chi connectivity index (χ1) is 11.6. The Morgan fingerprint density at radius 2 is 1.08 bits per heavy atom. The van der Waals surface area contributed by atoms with E-state index in [4.69, 9.17) is 0 Å². The summed E-state index contributed by atoms with van der Waals surface area (Å²) >= 11 is 0. The minimum Gasteiger partial charge on any atom is -0.312 e. The lowest BCUT2D eigenvalue weighted by Gasteiger charge is -2.25. The summed E-state index contributed by atoms with van der Waals surface area (Å²) in [6, 6.07) is 28.0. The van der Waals surface area contributed by atoms with E-state index in [9.17, 15) is 8.77 Å². The van der Waals surface area contributed by atoms with Crippen molar-refractivity contribution in [1.82, 2.24) is 0 Å². The van der Waals surface area contributed by atoms with Gasteiger partial charge in [-0.05, 0) is 19.1 Å². The highest BCUT2D eigenvalue weighted by molar-refractivity contribution is 7.99. The van der Waals surface area contributed by atoms with Crippen LogP contribution in [0.4, 0.5) is 0 Å². The van der Waals surface area contributed by atoms with Gasteiger partial charge in [-0.25, -0.2) is 0 Å². The minimum absolute atomic E-state index is 0.510. The molecule has 2 atom stereocenters. The molecule has 0 amide bonds. The molecule has 3 aromatic carbocycles. The maximum atomic E-state index is 14.1. The molecule has 0 radical (unpaired) electrons. The lowest BCUT2D eigenvalue weighted by molar-refractivity contribution is 0.585. The van der Waals surface area contributed by atoms with Gasteiger partial charge in [0, 0.05) is 15.5 Å². The lowest BCUT2D eigenvalue weighted by Crippen LogP contribution is -2.27. The van der Waals surface area contributed by atoms with E-state index >= 15 is 0 Å². The molecule has 3 rings (SSSR count). The highest BCUT2D eigenvalue weighted by Gasteiger charge is 2.37. The number of hydrogen-bond donors (Lipinski definition) is 0. The molecule has 0 aromatic heterocycles. The van der Waals surface area contributed by atoms with Gasteiger partial charge in [-0.3, -0.25) is 4.21 Å². The molecule has 2 unspecified atom stereocenters. The standard InChI is InChI=1S/C20H19O2PS/c1-17(24(22)20-15-9-4-10-16-20)23(21,18-11-5-2-6-12-18)19-13-7-3-8-14-19/h2-17H,1H3. The van der Waals surface area contributed by atoms with Crippen molar-refractivity contribution in [3.05, 3.63) is 91.0 Å². The normalized spacial score (nSPS) is 14.0. The molecule has 0 spiro atoms. The fourth-order valence-corrected chi connectivity index (χ4v) is 8.12. The maximum Gasteiger partial charge on any atom is 0.158 e. The van der Waals surface area contributed by atoms with Crippen molar-refractivity contribution in [2.24, 2.45) is 0 Å². The summed E-state index contributed by atoms with van der Waals surface area (Å²) in [4.78, 5) is 0.196. The third kappa shape index (κ3) is 3.15.